The molecule has 2 unspecified atom stereocenters. The molecule has 0 aliphatic rings. The minimum absolute atomic E-state index is 0.0516. The molecule has 1 amide bonds. The Balaban J connectivity index is 2.74. The first-order valence-electron chi connectivity index (χ1n) is 6.55. The third kappa shape index (κ3) is 3.57. The van der Waals surface area contributed by atoms with E-state index in [0.29, 0.717) is 13.0 Å². The number of nitrogens with zero attached hydrogens (tertiary/aromatic N) is 1. The summed E-state index contributed by atoms with van der Waals surface area (Å²) in [6, 6.07) is 10.1. The van der Waals surface area contributed by atoms with Gasteiger partial charge in [0.2, 0.25) is 0 Å². The van der Waals surface area contributed by atoms with E-state index in [9.17, 15) is 4.79 Å². The van der Waals surface area contributed by atoms with Crippen molar-refractivity contribution in [1.82, 2.24) is 4.90 Å². The lowest BCUT2D eigenvalue weighted by Crippen LogP contribution is -2.39. The predicted molar refractivity (Wildman–Crippen MR) is 73.3 cm³/mol. The van der Waals surface area contributed by atoms with Crippen LogP contribution in [0.3, 0.4) is 0 Å². The molecule has 3 nitrogen and oxygen atoms in total. The van der Waals surface area contributed by atoms with Gasteiger partial charge in [0.15, 0.2) is 0 Å². The van der Waals surface area contributed by atoms with Crippen LogP contribution in [0.1, 0.15) is 38.8 Å². The number of carbonyl (C=O) groups excluding carboxylic acids is 1. The topological polar surface area (TPSA) is 29.5 Å². The largest absolute Gasteiger partial charge is 0.369 e. The molecule has 1 rings (SSSR count). The highest BCUT2D eigenvalue weighted by molar-refractivity contribution is 5.81. The molecular formula is C15H23NO2. The van der Waals surface area contributed by atoms with Gasteiger partial charge < -0.3 is 9.64 Å². The molecule has 18 heavy (non-hydrogen) atoms. The van der Waals surface area contributed by atoms with Crippen molar-refractivity contribution in [3.63, 3.8) is 0 Å². The fourth-order valence-corrected chi connectivity index (χ4v) is 1.94. The smallest absolute Gasteiger partial charge is 0.251 e. The Bertz CT molecular complexity index is 364. The Hall–Kier alpha value is -1.35. The second-order valence-electron chi connectivity index (χ2n) is 4.39. The van der Waals surface area contributed by atoms with Gasteiger partial charge in [-0.25, -0.2) is 0 Å². The van der Waals surface area contributed by atoms with Crippen molar-refractivity contribution in [3.8, 4) is 0 Å². The van der Waals surface area contributed by atoms with Crippen LogP contribution >= 0.6 is 0 Å². The Morgan fingerprint density at radius 3 is 2.39 bits per heavy atom. The maximum absolute atomic E-state index is 12.3. The summed E-state index contributed by atoms with van der Waals surface area (Å²) >= 11 is 0. The lowest BCUT2D eigenvalue weighted by Gasteiger charge is -2.28. The van der Waals surface area contributed by atoms with E-state index in [2.05, 4.69) is 0 Å². The van der Waals surface area contributed by atoms with Crippen LogP contribution < -0.4 is 0 Å². The van der Waals surface area contributed by atoms with E-state index in [0.717, 1.165) is 5.56 Å². The molecule has 0 radical (unpaired) electrons. The molecule has 0 aliphatic heterocycles. The van der Waals surface area contributed by atoms with Gasteiger partial charge in [-0.2, -0.15) is 0 Å². The van der Waals surface area contributed by atoms with E-state index in [1.165, 1.54) is 0 Å². The van der Waals surface area contributed by atoms with Gasteiger partial charge in [0.05, 0.1) is 6.04 Å². The van der Waals surface area contributed by atoms with Crippen molar-refractivity contribution < 1.29 is 9.53 Å². The Morgan fingerprint density at radius 1 is 1.28 bits per heavy atom. The van der Waals surface area contributed by atoms with Crippen LogP contribution in [-0.2, 0) is 9.53 Å². The van der Waals surface area contributed by atoms with Gasteiger partial charge in [-0.1, -0.05) is 37.3 Å². The van der Waals surface area contributed by atoms with Crippen LogP contribution in [0, 0.1) is 0 Å². The van der Waals surface area contributed by atoms with Crippen LogP contribution in [0.15, 0.2) is 30.3 Å². The molecule has 1 aromatic carbocycles. The number of rotatable bonds is 6. The lowest BCUT2D eigenvalue weighted by molar-refractivity contribution is -0.144. The Labute approximate surface area is 110 Å². The quantitative estimate of drug-likeness (QED) is 0.775. The summed E-state index contributed by atoms with van der Waals surface area (Å²) in [5, 5.41) is 0. The molecule has 0 saturated carbocycles. The summed E-state index contributed by atoms with van der Waals surface area (Å²) in [7, 11) is 1.84. The summed E-state index contributed by atoms with van der Waals surface area (Å²) in [5.74, 6) is 0.0516. The summed E-state index contributed by atoms with van der Waals surface area (Å²) in [6.45, 7) is 6.49. The zero-order valence-corrected chi connectivity index (χ0v) is 11.7. The molecule has 0 spiro atoms. The zero-order valence-electron chi connectivity index (χ0n) is 11.7. The molecule has 0 heterocycles. The fraction of sp³-hybridized carbons (Fsp3) is 0.533. The van der Waals surface area contributed by atoms with Crippen molar-refractivity contribution >= 4 is 5.91 Å². The second-order valence-corrected chi connectivity index (χ2v) is 4.39. The monoisotopic (exact) mass is 249 g/mol. The van der Waals surface area contributed by atoms with E-state index in [1.54, 1.807) is 4.90 Å². The van der Waals surface area contributed by atoms with Crippen molar-refractivity contribution in [2.45, 2.75) is 39.3 Å². The summed E-state index contributed by atoms with van der Waals surface area (Å²) in [4.78, 5) is 14.0. The summed E-state index contributed by atoms with van der Waals surface area (Å²) in [5.41, 5.74) is 1.14. The minimum Gasteiger partial charge on any atom is -0.369 e. The molecule has 0 fully saturated rings. The van der Waals surface area contributed by atoms with Crippen LogP contribution in [0.5, 0.6) is 0 Å². The average molecular weight is 249 g/mol. The first-order chi connectivity index (χ1) is 8.61. The van der Waals surface area contributed by atoms with Crippen LogP contribution in [-0.4, -0.2) is 30.6 Å². The normalized spacial score (nSPS) is 14.0. The number of hydrogen-bond donors (Lipinski definition) is 0. The number of likely N-dealkylation sites (N-methyl/N-ethyl adjacent to an activating group) is 1. The third-order valence-electron chi connectivity index (χ3n) is 3.22. The first-order valence-corrected chi connectivity index (χ1v) is 6.55. The molecule has 0 bridgehead atoms. The van der Waals surface area contributed by atoms with Crippen LogP contribution in [0.25, 0.3) is 0 Å². The maximum atomic E-state index is 12.3. The third-order valence-corrected chi connectivity index (χ3v) is 3.22. The maximum Gasteiger partial charge on any atom is 0.251 e. The Kier molecular flexibility index (Phi) is 5.86. The lowest BCUT2D eigenvalue weighted by atomic mass is 10.1. The molecule has 100 valence electrons. The van der Waals surface area contributed by atoms with Crippen LogP contribution in [0.2, 0.25) is 0 Å². The molecule has 1 aromatic rings. The van der Waals surface area contributed by atoms with Crippen molar-refractivity contribution in [3.05, 3.63) is 35.9 Å². The summed E-state index contributed by atoms with van der Waals surface area (Å²) < 4.78 is 5.47. The van der Waals surface area contributed by atoms with Gasteiger partial charge in [-0.15, -0.1) is 0 Å². The number of amides is 1. The van der Waals surface area contributed by atoms with Gasteiger partial charge in [0, 0.05) is 13.7 Å². The second kappa shape index (κ2) is 7.17. The Morgan fingerprint density at radius 2 is 1.89 bits per heavy atom. The predicted octanol–water partition coefficient (Wildman–Crippen LogP) is 3.02. The van der Waals surface area contributed by atoms with E-state index < -0.39 is 0 Å². The highest BCUT2D eigenvalue weighted by atomic mass is 16.5. The molecule has 0 N–H and O–H groups in total. The standard InChI is InChI=1S/C15H23NO2/c1-5-14(18-6-2)15(17)16(4)12(3)13-10-8-7-9-11-13/h7-12,14H,5-6H2,1-4H3. The van der Waals surface area contributed by atoms with Crippen molar-refractivity contribution in [1.29, 1.82) is 0 Å². The SMILES string of the molecule is CCOC(CC)C(=O)N(C)C(C)c1ccccc1. The van der Waals surface area contributed by atoms with E-state index in [-0.39, 0.29) is 18.1 Å². The number of carbonyl (C=O) groups is 1. The summed E-state index contributed by atoms with van der Waals surface area (Å²) in [6.07, 6.45) is 0.379. The van der Waals surface area contributed by atoms with Gasteiger partial charge in [-0.3, -0.25) is 4.79 Å². The van der Waals surface area contributed by atoms with E-state index in [4.69, 9.17) is 4.74 Å². The number of benzene rings is 1. The van der Waals surface area contributed by atoms with Crippen molar-refractivity contribution in [2.24, 2.45) is 0 Å². The van der Waals surface area contributed by atoms with Gasteiger partial charge in [0.25, 0.3) is 5.91 Å². The fourth-order valence-electron chi connectivity index (χ4n) is 1.94. The van der Waals surface area contributed by atoms with Gasteiger partial charge in [0.1, 0.15) is 6.10 Å². The molecule has 0 aliphatic carbocycles. The first kappa shape index (κ1) is 14.7. The molecular weight excluding hydrogens is 226 g/mol. The van der Waals surface area contributed by atoms with E-state index >= 15 is 0 Å². The molecule has 2 atom stereocenters. The van der Waals surface area contributed by atoms with Gasteiger partial charge in [-0.05, 0) is 25.8 Å². The molecule has 0 saturated heterocycles. The molecule has 3 heteroatoms. The van der Waals surface area contributed by atoms with Crippen LogP contribution in [0.4, 0.5) is 0 Å². The zero-order chi connectivity index (χ0) is 13.5. The molecule has 0 aromatic heterocycles. The van der Waals surface area contributed by atoms with Crippen molar-refractivity contribution in [2.75, 3.05) is 13.7 Å². The average Bonchev–Trinajstić information content (AvgIpc) is 2.43. The van der Waals surface area contributed by atoms with Gasteiger partial charge >= 0.3 is 0 Å². The highest BCUT2D eigenvalue weighted by Crippen LogP contribution is 2.19. The highest BCUT2D eigenvalue weighted by Gasteiger charge is 2.24. The van der Waals surface area contributed by atoms with E-state index in [1.807, 2.05) is 58.2 Å². The number of ether oxygens (including phenoxy) is 1. The minimum atomic E-state index is -0.328. The number of hydrogen-bond acceptors (Lipinski definition) is 2.